The van der Waals surface area contributed by atoms with Crippen molar-refractivity contribution in [1.29, 1.82) is 0 Å². The van der Waals surface area contributed by atoms with Gasteiger partial charge in [0.25, 0.3) is 5.52 Å². The maximum atomic E-state index is 10.2. The van der Waals surface area contributed by atoms with Crippen LogP contribution in [0.1, 0.15) is 6.92 Å². The van der Waals surface area contributed by atoms with Crippen LogP contribution in [0.5, 0.6) is 0 Å². The minimum absolute atomic E-state index is 0.848. The van der Waals surface area contributed by atoms with E-state index < -0.39 is 13.1 Å². The molecule has 0 saturated carbocycles. The number of allylic oxidation sites excluding steroid dienone is 2. The molecule has 0 aliphatic rings. The zero-order chi connectivity index (χ0) is 7.49. The van der Waals surface area contributed by atoms with Gasteiger partial charge in [-0.1, -0.05) is 6.08 Å². The van der Waals surface area contributed by atoms with Crippen molar-refractivity contribution in [1.82, 2.24) is 0 Å². The topological polar surface area (TPSA) is 74.6 Å². The fourth-order valence-corrected chi connectivity index (χ4v) is 0.583. The fraction of sp³-hybridized carbons (Fsp3) is 0.250. The molecular formula is C4H7O4P. The van der Waals surface area contributed by atoms with E-state index >= 15 is 0 Å². The zero-order valence-electron chi connectivity index (χ0n) is 4.81. The van der Waals surface area contributed by atoms with Crippen LogP contribution in [-0.4, -0.2) is 15.3 Å². The van der Waals surface area contributed by atoms with E-state index in [4.69, 9.17) is 9.79 Å². The maximum absolute atomic E-state index is 10.2. The Bertz CT molecular complexity index is 177. The van der Waals surface area contributed by atoms with Crippen molar-refractivity contribution in [3.05, 3.63) is 12.2 Å². The van der Waals surface area contributed by atoms with E-state index in [1.54, 1.807) is 0 Å². The molecule has 0 rings (SSSR count). The lowest BCUT2D eigenvalue weighted by molar-refractivity contribution is -0.109. The molecule has 0 saturated heterocycles. The van der Waals surface area contributed by atoms with Gasteiger partial charge in [-0.05, 0) is 13.0 Å². The van der Waals surface area contributed by atoms with E-state index in [-0.39, 0.29) is 0 Å². The Morgan fingerprint density at radius 2 is 2.00 bits per heavy atom. The highest BCUT2D eigenvalue weighted by Crippen LogP contribution is 2.35. The van der Waals surface area contributed by atoms with E-state index in [1.807, 2.05) is 0 Å². The molecule has 0 atom stereocenters. The number of rotatable bonds is 2. The predicted molar refractivity (Wildman–Crippen MR) is 31.9 cm³/mol. The molecule has 0 fully saturated rings. The van der Waals surface area contributed by atoms with Crippen LogP contribution in [0.25, 0.3) is 0 Å². The Hall–Kier alpha value is -0.440. The van der Waals surface area contributed by atoms with Crippen LogP contribution in [0.15, 0.2) is 12.2 Å². The lowest BCUT2D eigenvalue weighted by atomic mass is 10.6. The van der Waals surface area contributed by atoms with Gasteiger partial charge < -0.3 is 9.79 Å². The van der Waals surface area contributed by atoms with E-state index in [0.29, 0.717) is 0 Å². The first-order valence-corrected chi connectivity index (χ1v) is 3.82. The van der Waals surface area contributed by atoms with Gasteiger partial charge in [-0.15, -0.1) is 0 Å². The van der Waals surface area contributed by atoms with E-state index in [0.717, 1.165) is 6.08 Å². The highest BCUT2D eigenvalue weighted by Gasteiger charge is 2.21. The summed E-state index contributed by atoms with van der Waals surface area (Å²) in [5.41, 5.74) is -1.15. The second-order valence-corrected chi connectivity index (χ2v) is 2.91. The van der Waals surface area contributed by atoms with Gasteiger partial charge in [0.2, 0.25) is 0 Å². The average molecular weight is 150 g/mol. The maximum Gasteiger partial charge on any atom is 0.395 e. The molecule has 0 aromatic heterocycles. The smallest absolute Gasteiger partial charge is 0.319 e. The largest absolute Gasteiger partial charge is 0.395 e. The standard InChI is InChI=1S/C4H7O4P/c1-2-3-4(5)9(6,7)8/h2-3H,1H3,(H2,6,7,8)/b3-2+. The molecule has 0 spiro atoms. The number of carbonyl (C=O) groups is 1. The van der Waals surface area contributed by atoms with Gasteiger partial charge in [-0.3, -0.25) is 9.36 Å². The Balaban J connectivity index is 4.24. The molecule has 0 unspecified atom stereocenters. The van der Waals surface area contributed by atoms with Crippen LogP contribution in [0.2, 0.25) is 0 Å². The van der Waals surface area contributed by atoms with Crippen LogP contribution in [0.4, 0.5) is 0 Å². The molecule has 9 heavy (non-hydrogen) atoms. The summed E-state index contributed by atoms with van der Waals surface area (Å²) >= 11 is 0. The molecule has 0 aliphatic carbocycles. The lowest BCUT2D eigenvalue weighted by Crippen LogP contribution is -1.92. The number of hydrogen-bond donors (Lipinski definition) is 2. The normalized spacial score (nSPS) is 12.3. The zero-order valence-corrected chi connectivity index (χ0v) is 5.71. The van der Waals surface area contributed by atoms with Gasteiger partial charge in [0.05, 0.1) is 0 Å². The van der Waals surface area contributed by atoms with Crippen LogP contribution in [0, 0.1) is 0 Å². The lowest BCUT2D eigenvalue weighted by Gasteiger charge is -1.93. The predicted octanol–water partition coefficient (Wildman–Crippen LogP) is 0.267. The van der Waals surface area contributed by atoms with Gasteiger partial charge in [0.1, 0.15) is 0 Å². The summed E-state index contributed by atoms with van der Waals surface area (Å²) in [4.78, 5) is 26.5. The summed E-state index contributed by atoms with van der Waals surface area (Å²) in [5.74, 6) is 0. The Labute approximate surface area is 52.4 Å². The average Bonchev–Trinajstić information content (AvgIpc) is 1.64. The van der Waals surface area contributed by atoms with Crippen molar-refractivity contribution in [2.75, 3.05) is 0 Å². The minimum Gasteiger partial charge on any atom is -0.319 e. The summed E-state index contributed by atoms with van der Waals surface area (Å²) < 4.78 is 10.0. The summed E-state index contributed by atoms with van der Waals surface area (Å²) in [5, 5.41) is 0. The summed E-state index contributed by atoms with van der Waals surface area (Å²) in [6.45, 7) is 1.51. The van der Waals surface area contributed by atoms with Crippen molar-refractivity contribution in [2.45, 2.75) is 6.92 Å². The van der Waals surface area contributed by atoms with Crippen molar-refractivity contribution in [2.24, 2.45) is 0 Å². The molecule has 52 valence electrons. The quantitative estimate of drug-likeness (QED) is 0.437. The van der Waals surface area contributed by atoms with Crippen LogP contribution in [0.3, 0.4) is 0 Å². The third kappa shape index (κ3) is 3.19. The molecule has 0 radical (unpaired) electrons. The van der Waals surface area contributed by atoms with Crippen molar-refractivity contribution in [3.63, 3.8) is 0 Å². The highest BCUT2D eigenvalue weighted by molar-refractivity contribution is 7.70. The van der Waals surface area contributed by atoms with Crippen LogP contribution in [-0.2, 0) is 9.36 Å². The Morgan fingerprint density at radius 3 is 2.11 bits per heavy atom. The molecule has 5 heteroatoms. The first-order valence-electron chi connectivity index (χ1n) is 2.21. The van der Waals surface area contributed by atoms with E-state index in [2.05, 4.69) is 0 Å². The van der Waals surface area contributed by atoms with Crippen LogP contribution >= 0.6 is 7.60 Å². The molecule has 4 nitrogen and oxygen atoms in total. The van der Waals surface area contributed by atoms with E-state index in [1.165, 1.54) is 13.0 Å². The molecular weight excluding hydrogens is 143 g/mol. The molecule has 0 aliphatic heterocycles. The second kappa shape index (κ2) is 2.92. The molecule has 0 aromatic rings. The number of hydrogen-bond acceptors (Lipinski definition) is 2. The summed E-state index contributed by atoms with van der Waals surface area (Å²) in [7, 11) is -4.50. The van der Waals surface area contributed by atoms with Gasteiger partial charge in [0.15, 0.2) is 0 Å². The molecule has 0 bridgehead atoms. The first kappa shape index (κ1) is 8.56. The Kier molecular flexibility index (Phi) is 2.77. The van der Waals surface area contributed by atoms with Gasteiger partial charge >= 0.3 is 7.60 Å². The van der Waals surface area contributed by atoms with Crippen molar-refractivity contribution < 1.29 is 19.1 Å². The SMILES string of the molecule is C/C=C/C(=O)P(=O)(O)O. The van der Waals surface area contributed by atoms with E-state index in [9.17, 15) is 9.36 Å². The third-order valence-electron chi connectivity index (χ3n) is 0.596. The van der Waals surface area contributed by atoms with Crippen molar-refractivity contribution in [3.8, 4) is 0 Å². The summed E-state index contributed by atoms with van der Waals surface area (Å²) in [6.07, 6.45) is 2.13. The van der Waals surface area contributed by atoms with Gasteiger partial charge in [-0.2, -0.15) is 0 Å². The highest BCUT2D eigenvalue weighted by atomic mass is 31.2. The number of carbonyl (C=O) groups excluding carboxylic acids is 1. The molecule has 2 N–H and O–H groups in total. The monoisotopic (exact) mass is 150 g/mol. The first-order chi connectivity index (χ1) is 3.98. The van der Waals surface area contributed by atoms with Gasteiger partial charge in [0, 0.05) is 0 Å². The molecule has 0 aromatic carbocycles. The Morgan fingerprint density at radius 1 is 1.56 bits per heavy atom. The minimum atomic E-state index is -4.50. The third-order valence-corrected chi connectivity index (χ3v) is 1.32. The summed E-state index contributed by atoms with van der Waals surface area (Å²) in [6, 6.07) is 0. The van der Waals surface area contributed by atoms with Gasteiger partial charge in [-0.25, -0.2) is 0 Å². The van der Waals surface area contributed by atoms with Crippen LogP contribution < -0.4 is 0 Å². The molecule has 0 amide bonds. The molecule has 0 heterocycles. The second-order valence-electron chi connectivity index (χ2n) is 1.38. The van der Waals surface area contributed by atoms with Crippen molar-refractivity contribution >= 4 is 13.1 Å². The fourth-order valence-electron chi connectivity index (χ4n) is 0.240.